The van der Waals surface area contributed by atoms with Crippen LogP contribution in [0.1, 0.15) is 18.3 Å². The molecule has 2 atom stereocenters. The first kappa shape index (κ1) is 16.0. The third kappa shape index (κ3) is 3.09. The van der Waals surface area contributed by atoms with Crippen molar-refractivity contribution >= 4 is 24.8 Å². The number of hydrogen-bond donors (Lipinski definition) is 1. The van der Waals surface area contributed by atoms with E-state index in [4.69, 9.17) is 10.5 Å². The van der Waals surface area contributed by atoms with Crippen LogP contribution in [0, 0.1) is 0 Å². The fourth-order valence-corrected chi connectivity index (χ4v) is 2.20. The van der Waals surface area contributed by atoms with E-state index in [1.54, 1.807) is 6.20 Å². The maximum absolute atomic E-state index is 6.04. The molecule has 2 heterocycles. The molecular formula is C13H17Cl2N3O. The SMILES string of the molecule is Cl.Cl.N[C@H]1CCO[C@@H]1c1nccn1-c1ccccc1. The number of rotatable bonds is 2. The van der Waals surface area contributed by atoms with Crippen LogP contribution in [-0.2, 0) is 4.74 Å². The van der Waals surface area contributed by atoms with Crippen molar-refractivity contribution in [2.24, 2.45) is 5.73 Å². The van der Waals surface area contributed by atoms with Gasteiger partial charge < -0.3 is 15.0 Å². The molecule has 0 saturated carbocycles. The zero-order chi connectivity index (χ0) is 11.7. The average Bonchev–Trinajstić information content (AvgIpc) is 2.98. The Morgan fingerprint density at radius 1 is 1.21 bits per heavy atom. The number of imidazole rings is 1. The molecule has 0 bridgehead atoms. The zero-order valence-electron chi connectivity index (χ0n) is 10.3. The molecular weight excluding hydrogens is 285 g/mol. The summed E-state index contributed by atoms with van der Waals surface area (Å²) in [6.07, 6.45) is 4.53. The highest BCUT2D eigenvalue weighted by atomic mass is 35.5. The summed E-state index contributed by atoms with van der Waals surface area (Å²) in [5.74, 6) is 0.890. The van der Waals surface area contributed by atoms with Gasteiger partial charge in [-0.15, -0.1) is 24.8 Å². The quantitative estimate of drug-likeness (QED) is 0.927. The van der Waals surface area contributed by atoms with Crippen molar-refractivity contribution in [1.82, 2.24) is 9.55 Å². The summed E-state index contributed by atoms with van der Waals surface area (Å²) in [5, 5.41) is 0. The minimum absolute atomic E-state index is 0. The summed E-state index contributed by atoms with van der Waals surface area (Å²) >= 11 is 0. The largest absolute Gasteiger partial charge is 0.369 e. The summed E-state index contributed by atoms with van der Waals surface area (Å²) < 4.78 is 7.70. The first-order valence-electron chi connectivity index (χ1n) is 5.82. The van der Waals surface area contributed by atoms with Crippen LogP contribution in [0.2, 0.25) is 0 Å². The number of para-hydroxylation sites is 1. The zero-order valence-corrected chi connectivity index (χ0v) is 11.9. The first-order valence-corrected chi connectivity index (χ1v) is 5.82. The fourth-order valence-electron chi connectivity index (χ4n) is 2.20. The van der Waals surface area contributed by atoms with Gasteiger partial charge in [0.15, 0.2) is 0 Å². The number of nitrogens with zero attached hydrogens (tertiary/aromatic N) is 2. The molecule has 4 nitrogen and oxygen atoms in total. The van der Waals surface area contributed by atoms with E-state index >= 15 is 0 Å². The van der Waals surface area contributed by atoms with Crippen molar-refractivity contribution in [3.05, 3.63) is 48.5 Å². The van der Waals surface area contributed by atoms with Crippen LogP contribution in [0.15, 0.2) is 42.7 Å². The number of halogens is 2. The minimum atomic E-state index is -0.0924. The van der Waals surface area contributed by atoms with E-state index in [9.17, 15) is 0 Å². The molecule has 1 aliphatic rings. The van der Waals surface area contributed by atoms with Crippen molar-refractivity contribution in [1.29, 1.82) is 0 Å². The molecule has 0 unspecified atom stereocenters. The summed E-state index contributed by atoms with van der Waals surface area (Å²) in [6.45, 7) is 0.716. The molecule has 3 rings (SSSR count). The van der Waals surface area contributed by atoms with Gasteiger partial charge in [-0.25, -0.2) is 4.98 Å². The lowest BCUT2D eigenvalue weighted by atomic mass is 10.1. The Morgan fingerprint density at radius 2 is 1.95 bits per heavy atom. The topological polar surface area (TPSA) is 53.1 Å². The van der Waals surface area contributed by atoms with E-state index in [0.29, 0.717) is 6.61 Å². The maximum Gasteiger partial charge on any atom is 0.144 e. The van der Waals surface area contributed by atoms with Crippen molar-refractivity contribution in [3.8, 4) is 5.69 Å². The molecule has 104 valence electrons. The van der Waals surface area contributed by atoms with Gasteiger partial charge in [0.2, 0.25) is 0 Å². The number of ether oxygens (including phenoxy) is 1. The van der Waals surface area contributed by atoms with Gasteiger partial charge in [-0.3, -0.25) is 0 Å². The lowest BCUT2D eigenvalue weighted by Gasteiger charge is -2.16. The second-order valence-electron chi connectivity index (χ2n) is 4.23. The van der Waals surface area contributed by atoms with Crippen LogP contribution in [-0.4, -0.2) is 22.2 Å². The molecule has 19 heavy (non-hydrogen) atoms. The van der Waals surface area contributed by atoms with Gasteiger partial charge in [-0.05, 0) is 18.6 Å². The Kier molecular flexibility index (Phi) is 5.82. The summed E-state index contributed by atoms with van der Waals surface area (Å²) in [4.78, 5) is 4.38. The van der Waals surface area contributed by atoms with E-state index in [-0.39, 0.29) is 37.0 Å². The Labute approximate surface area is 124 Å². The van der Waals surface area contributed by atoms with Gasteiger partial charge >= 0.3 is 0 Å². The fraction of sp³-hybridized carbons (Fsp3) is 0.308. The van der Waals surface area contributed by atoms with Crippen LogP contribution >= 0.6 is 24.8 Å². The summed E-state index contributed by atoms with van der Waals surface area (Å²) in [6, 6.07) is 10.2. The molecule has 1 aliphatic heterocycles. The monoisotopic (exact) mass is 301 g/mol. The summed E-state index contributed by atoms with van der Waals surface area (Å²) in [5.41, 5.74) is 7.12. The molecule has 1 saturated heterocycles. The first-order chi connectivity index (χ1) is 8.36. The third-order valence-corrected chi connectivity index (χ3v) is 3.10. The Morgan fingerprint density at radius 3 is 2.58 bits per heavy atom. The average molecular weight is 302 g/mol. The molecule has 0 aliphatic carbocycles. The second kappa shape index (κ2) is 6.91. The number of aromatic nitrogens is 2. The van der Waals surface area contributed by atoms with E-state index < -0.39 is 0 Å². The molecule has 1 aromatic carbocycles. The lowest BCUT2D eigenvalue weighted by Crippen LogP contribution is -2.25. The van der Waals surface area contributed by atoms with Crippen LogP contribution < -0.4 is 5.73 Å². The molecule has 0 spiro atoms. The number of benzene rings is 1. The van der Waals surface area contributed by atoms with E-state index in [2.05, 4.69) is 4.98 Å². The molecule has 1 fully saturated rings. The van der Waals surface area contributed by atoms with Gasteiger partial charge in [-0.2, -0.15) is 0 Å². The highest BCUT2D eigenvalue weighted by Crippen LogP contribution is 2.28. The molecule has 0 amide bonds. The van der Waals surface area contributed by atoms with E-state index in [1.807, 2.05) is 41.1 Å². The maximum atomic E-state index is 6.04. The highest BCUT2D eigenvalue weighted by Gasteiger charge is 2.30. The Hall–Kier alpha value is -1.07. The van der Waals surface area contributed by atoms with Crippen molar-refractivity contribution in [2.45, 2.75) is 18.6 Å². The van der Waals surface area contributed by atoms with Gasteiger partial charge in [-0.1, -0.05) is 18.2 Å². The molecule has 2 N–H and O–H groups in total. The van der Waals surface area contributed by atoms with Crippen LogP contribution in [0.25, 0.3) is 5.69 Å². The second-order valence-corrected chi connectivity index (χ2v) is 4.23. The highest BCUT2D eigenvalue weighted by molar-refractivity contribution is 5.85. The van der Waals surface area contributed by atoms with Gasteiger partial charge in [0.05, 0.1) is 0 Å². The van der Waals surface area contributed by atoms with Gasteiger partial charge in [0.25, 0.3) is 0 Å². The van der Waals surface area contributed by atoms with Crippen LogP contribution in [0.4, 0.5) is 0 Å². The number of nitrogens with two attached hydrogens (primary N) is 1. The normalized spacial score (nSPS) is 21.5. The minimum Gasteiger partial charge on any atom is -0.369 e. The van der Waals surface area contributed by atoms with Crippen molar-refractivity contribution in [3.63, 3.8) is 0 Å². The van der Waals surface area contributed by atoms with E-state index in [1.165, 1.54) is 0 Å². The van der Waals surface area contributed by atoms with Crippen LogP contribution in [0.5, 0.6) is 0 Å². The van der Waals surface area contributed by atoms with Crippen molar-refractivity contribution < 1.29 is 4.74 Å². The Balaban J connectivity index is 0.000000902. The summed E-state index contributed by atoms with van der Waals surface area (Å²) in [7, 11) is 0. The number of hydrogen-bond acceptors (Lipinski definition) is 3. The Bertz CT molecular complexity index is 504. The van der Waals surface area contributed by atoms with Gasteiger partial charge in [0.1, 0.15) is 11.9 Å². The van der Waals surface area contributed by atoms with Crippen molar-refractivity contribution in [2.75, 3.05) is 6.61 Å². The third-order valence-electron chi connectivity index (χ3n) is 3.10. The lowest BCUT2D eigenvalue weighted by molar-refractivity contribution is 0.0968. The predicted molar refractivity (Wildman–Crippen MR) is 79.3 cm³/mol. The van der Waals surface area contributed by atoms with E-state index in [0.717, 1.165) is 17.9 Å². The predicted octanol–water partition coefficient (Wildman–Crippen LogP) is 2.50. The molecule has 2 aromatic rings. The standard InChI is InChI=1S/C13H15N3O.2ClH/c14-11-6-9-17-12(11)13-15-7-8-16(13)10-4-2-1-3-5-10;;/h1-5,7-8,11-12H,6,9,14H2;2*1H/t11-,12-;;/m0../s1. The molecule has 0 radical (unpaired) electrons. The van der Waals surface area contributed by atoms with Gasteiger partial charge in [0, 0.05) is 30.7 Å². The smallest absolute Gasteiger partial charge is 0.144 e. The molecule has 6 heteroatoms. The van der Waals surface area contributed by atoms with Crippen LogP contribution in [0.3, 0.4) is 0 Å². The molecule has 1 aromatic heterocycles.